The molecule has 0 fully saturated rings. The Morgan fingerprint density at radius 3 is 2.41 bits per heavy atom. The molecule has 1 N–H and O–H groups in total. The number of carbonyl (C=O) groups excluding carboxylic acids is 1. The lowest BCUT2D eigenvalue weighted by atomic mass is 10.1. The SMILES string of the molecule is CCOc1cc(/C=C(\C#N)C(=O)Nc2cccc(C(F)(F)F)c2)cc(Br)c1OCc1cc(C)cc(C)c1. The fourth-order valence-corrected chi connectivity index (χ4v) is 4.24. The Balaban J connectivity index is 1.85. The molecular formula is C28H24BrF3N2O3. The van der Waals surface area contributed by atoms with E-state index in [9.17, 15) is 23.2 Å². The first-order valence-electron chi connectivity index (χ1n) is 11.3. The van der Waals surface area contributed by atoms with E-state index >= 15 is 0 Å². The molecule has 0 unspecified atom stereocenters. The molecule has 5 nitrogen and oxygen atoms in total. The maximum atomic E-state index is 13.0. The molecule has 37 heavy (non-hydrogen) atoms. The second kappa shape index (κ2) is 12.0. The van der Waals surface area contributed by atoms with Crippen LogP contribution >= 0.6 is 15.9 Å². The monoisotopic (exact) mass is 572 g/mol. The van der Waals surface area contributed by atoms with Crippen LogP contribution in [-0.2, 0) is 17.6 Å². The van der Waals surface area contributed by atoms with Gasteiger partial charge in [-0.15, -0.1) is 0 Å². The normalized spacial score (nSPS) is 11.6. The van der Waals surface area contributed by atoms with Crippen molar-refractivity contribution in [3.63, 3.8) is 0 Å². The Hall–Kier alpha value is -3.77. The van der Waals surface area contributed by atoms with E-state index in [-0.39, 0.29) is 11.3 Å². The van der Waals surface area contributed by atoms with Crippen molar-refractivity contribution in [1.29, 1.82) is 5.26 Å². The van der Waals surface area contributed by atoms with Crippen LogP contribution in [0.15, 0.2) is 64.6 Å². The molecule has 0 radical (unpaired) electrons. The molecule has 0 atom stereocenters. The summed E-state index contributed by atoms with van der Waals surface area (Å²) >= 11 is 3.48. The molecule has 1 amide bonds. The number of hydrogen-bond acceptors (Lipinski definition) is 4. The first kappa shape index (κ1) is 27.8. The molecule has 0 aromatic heterocycles. The quantitative estimate of drug-likeness (QED) is 0.223. The first-order chi connectivity index (χ1) is 17.5. The van der Waals surface area contributed by atoms with Crippen LogP contribution in [-0.4, -0.2) is 12.5 Å². The Morgan fingerprint density at radius 1 is 1.08 bits per heavy atom. The zero-order chi connectivity index (χ0) is 27.2. The molecule has 0 aliphatic heterocycles. The predicted octanol–water partition coefficient (Wildman–Crippen LogP) is 7.61. The van der Waals surface area contributed by atoms with E-state index in [1.807, 2.05) is 32.9 Å². The molecular weight excluding hydrogens is 549 g/mol. The summed E-state index contributed by atoms with van der Waals surface area (Å²) in [6.07, 6.45) is -3.23. The lowest BCUT2D eigenvalue weighted by Gasteiger charge is -2.15. The van der Waals surface area contributed by atoms with Gasteiger partial charge >= 0.3 is 6.18 Å². The summed E-state index contributed by atoms with van der Waals surface area (Å²) in [5.41, 5.74) is 2.42. The number of hydrogen-bond donors (Lipinski definition) is 1. The number of benzene rings is 3. The fourth-order valence-electron chi connectivity index (χ4n) is 3.67. The average Bonchev–Trinajstić information content (AvgIpc) is 2.81. The average molecular weight is 573 g/mol. The molecule has 0 saturated carbocycles. The highest BCUT2D eigenvalue weighted by molar-refractivity contribution is 9.10. The third-order valence-electron chi connectivity index (χ3n) is 5.12. The van der Waals surface area contributed by atoms with Crippen molar-refractivity contribution in [2.75, 3.05) is 11.9 Å². The van der Waals surface area contributed by atoms with E-state index in [0.29, 0.717) is 34.7 Å². The van der Waals surface area contributed by atoms with E-state index in [1.54, 1.807) is 18.2 Å². The Labute approximate surface area is 221 Å². The van der Waals surface area contributed by atoms with Crippen LogP contribution in [0.1, 0.15) is 34.7 Å². The Morgan fingerprint density at radius 2 is 1.78 bits per heavy atom. The number of alkyl halides is 3. The van der Waals surface area contributed by atoms with Crippen molar-refractivity contribution in [2.24, 2.45) is 0 Å². The number of nitrogens with one attached hydrogen (secondary N) is 1. The number of nitrogens with zero attached hydrogens (tertiary/aromatic N) is 1. The van der Waals surface area contributed by atoms with Crippen molar-refractivity contribution >= 4 is 33.6 Å². The van der Waals surface area contributed by atoms with Crippen molar-refractivity contribution in [3.8, 4) is 17.6 Å². The van der Waals surface area contributed by atoms with Crippen LogP contribution in [0.25, 0.3) is 6.08 Å². The fraction of sp³-hybridized carbons (Fsp3) is 0.214. The van der Waals surface area contributed by atoms with Gasteiger partial charge in [0.1, 0.15) is 18.2 Å². The minimum atomic E-state index is -4.56. The second-order valence-electron chi connectivity index (χ2n) is 8.25. The third kappa shape index (κ3) is 7.61. The lowest BCUT2D eigenvalue weighted by molar-refractivity contribution is -0.137. The van der Waals surface area contributed by atoms with Gasteiger partial charge < -0.3 is 14.8 Å². The van der Waals surface area contributed by atoms with E-state index in [1.165, 1.54) is 18.2 Å². The molecule has 3 aromatic carbocycles. The third-order valence-corrected chi connectivity index (χ3v) is 5.71. The van der Waals surface area contributed by atoms with Crippen molar-refractivity contribution in [3.05, 3.63) is 92.5 Å². The molecule has 0 heterocycles. The van der Waals surface area contributed by atoms with Gasteiger partial charge in [0.2, 0.25) is 0 Å². The van der Waals surface area contributed by atoms with Crippen molar-refractivity contribution in [2.45, 2.75) is 33.6 Å². The second-order valence-corrected chi connectivity index (χ2v) is 9.10. The topological polar surface area (TPSA) is 71.3 Å². The van der Waals surface area contributed by atoms with E-state index < -0.39 is 17.6 Å². The van der Waals surface area contributed by atoms with Gasteiger partial charge in [0.25, 0.3) is 5.91 Å². The van der Waals surface area contributed by atoms with E-state index in [0.717, 1.165) is 28.8 Å². The highest BCUT2D eigenvalue weighted by Crippen LogP contribution is 2.38. The van der Waals surface area contributed by atoms with Gasteiger partial charge in [0, 0.05) is 5.69 Å². The van der Waals surface area contributed by atoms with E-state index in [4.69, 9.17) is 9.47 Å². The van der Waals surface area contributed by atoms with Crippen molar-refractivity contribution < 1.29 is 27.4 Å². The standard InChI is InChI=1S/C28H24BrF3N2O3/c1-4-36-25-13-19(12-24(29)26(25)37-16-20-9-17(2)8-18(3)10-20)11-21(15-33)27(35)34-23-7-5-6-22(14-23)28(30,31)32/h5-14H,4,16H2,1-3H3,(H,34,35)/b21-11+. The zero-order valence-corrected chi connectivity index (χ0v) is 22.0. The molecule has 3 rings (SSSR count). The summed E-state index contributed by atoms with van der Waals surface area (Å²) in [6.45, 7) is 6.48. The molecule has 0 bridgehead atoms. The molecule has 0 aliphatic carbocycles. The highest BCUT2D eigenvalue weighted by Gasteiger charge is 2.30. The molecule has 3 aromatic rings. The maximum absolute atomic E-state index is 13.0. The maximum Gasteiger partial charge on any atom is 0.416 e. The van der Waals surface area contributed by atoms with Crippen LogP contribution < -0.4 is 14.8 Å². The van der Waals surface area contributed by atoms with Gasteiger partial charge in [-0.2, -0.15) is 18.4 Å². The summed E-state index contributed by atoms with van der Waals surface area (Å²) in [5, 5.41) is 11.9. The van der Waals surface area contributed by atoms with Crippen molar-refractivity contribution in [1.82, 2.24) is 0 Å². The van der Waals surface area contributed by atoms with Crippen LogP contribution in [0, 0.1) is 25.2 Å². The summed E-state index contributed by atoms with van der Waals surface area (Å²) in [4.78, 5) is 12.6. The summed E-state index contributed by atoms with van der Waals surface area (Å²) in [6, 6.07) is 15.4. The van der Waals surface area contributed by atoms with Gasteiger partial charge in [0.05, 0.1) is 16.6 Å². The molecule has 9 heteroatoms. The minimum Gasteiger partial charge on any atom is -0.490 e. The van der Waals surface area contributed by atoms with Crippen LogP contribution in [0.3, 0.4) is 0 Å². The molecule has 192 valence electrons. The minimum absolute atomic E-state index is 0.0766. The number of rotatable bonds is 8. The largest absolute Gasteiger partial charge is 0.490 e. The van der Waals surface area contributed by atoms with Gasteiger partial charge in [0.15, 0.2) is 11.5 Å². The number of amides is 1. The number of ether oxygens (including phenoxy) is 2. The van der Waals surface area contributed by atoms with Crippen LogP contribution in [0.2, 0.25) is 0 Å². The van der Waals surface area contributed by atoms with E-state index in [2.05, 4.69) is 27.3 Å². The van der Waals surface area contributed by atoms with Gasteiger partial charge in [-0.1, -0.05) is 35.4 Å². The number of halogens is 4. The predicted molar refractivity (Wildman–Crippen MR) is 139 cm³/mol. The molecule has 0 saturated heterocycles. The Kier molecular flexibility index (Phi) is 9.00. The molecule has 0 spiro atoms. The summed E-state index contributed by atoms with van der Waals surface area (Å²) < 4.78 is 51.2. The highest BCUT2D eigenvalue weighted by atomic mass is 79.9. The van der Waals surface area contributed by atoms with Gasteiger partial charge in [-0.05, 0) is 84.2 Å². The molecule has 0 aliphatic rings. The van der Waals surface area contributed by atoms with Crippen LogP contribution in [0.4, 0.5) is 18.9 Å². The van der Waals surface area contributed by atoms with Crippen LogP contribution in [0.5, 0.6) is 11.5 Å². The first-order valence-corrected chi connectivity index (χ1v) is 12.1. The smallest absolute Gasteiger partial charge is 0.416 e. The van der Waals surface area contributed by atoms with Gasteiger partial charge in [-0.25, -0.2) is 0 Å². The number of carbonyl (C=O) groups is 1. The summed E-state index contributed by atoms with van der Waals surface area (Å²) in [7, 11) is 0. The number of anilines is 1. The number of aryl methyl sites for hydroxylation is 2. The summed E-state index contributed by atoms with van der Waals surface area (Å²) in [5.74, 6) is 0.0270. The Bertz CT molecular complexity index is 1360. The number of nitriles is 1. The zero-order valence-electron chi connectivity index (χ0n) is 20.4. The van der Waals surface area contributed by atoms with Gasteiger partial charge in [-0.3, -0.25) is 4.79 Å². The lowest BCUT2D eigenvalue weighted by Crippen LogP contribution is -2.14.